The molecule has 0 saturated heterocycles. The van der Waals surface area contributed by atoms with Gasteiger partial charge >= 0.3 is 0 Å². The number of amides is 1. The minimum Gasteiger partial charge on any atom is -0.377 e. The van der Waals surface area contributed by atoms with Crippen molar-refractivity contribution in [3.63, 3.8) is 0 Å². The summed E-state index contributed by atoms with van der Waals surface area (Å²) in [5, 5.41) is 2.21. The molecule has 2 rings (SSSR count). The van der Waals surface area contributed by atoms with E-state index in [0.29, 0.717) is 19.8 Å². The number of hydrogen-bond acceptors (Lipinski definition) is 4. The summed E-state index contributed by atoms with van der Waals surface area (Å²) in [6, 6.07) is 14.1. The van der Waals surface area contributed by atoms with Crippen molar-refractivity contribution in [2.75, 3.05) is 6.61 Å². The Balaban J connectivity index is 2.09. The molecule has 0 heterocycles. The number of rotatable bonds is 8. The predicted octanol–water partition coefficient (Wildman–Crippen LogP) is 3.34. The Kier molecular flexibility index (Phi) is 6.94. The fourth-order valence-electron chi connectivity index (χ4n) is 2.41. The first kappa shape index (κ1) is 20.1. The van der Waals surface area contributed by atoms with Crippen LogP contribution >= 0.6 is 0 Å². The van der Waals surface area contributed by atoms with Gasteiger partial charge in [0.25, 0.3) is 5.91 Å². The summed E-state index contributed by atoms with van der Waals surface area (Å²) in [5.41, 5.74) is 2.17. The SMILES string of the molecule is CCOCc1ccc(CNC(=O)c2ccccc2S(=O)(=O)C(C)C)cc1. The molecule has 0 spiro atoms. The topological polar surface area (TPSA) is 72.5 Å². The van der Waals surface area contributed by atoms with E-state index in [1.807, 2.05) is 31.2 Å². The van der Waals surface area contributed by atoms with Gasteiger partial charge in [-0.25, -0.2) is 8.42 Å². The van der Waals surface area contributed by atoms with Gasteiger partial charge in [0.15, 0.2) is 9.84 Å². The van der Waals surface area contributed by atoms with E-state index < -0.39 is 21.0 Å². The molecule has 1 amide bonds. The Labute approximate surface area is 155 Å². The van der Waals surface area contributed by atoms with Crippen LogP contribution in [0.5, 0.6) is 0 Å². The summed E-state index contributed by atoms with van der Waals surface area (Å²) in [5.74, 6) is -0.400. The average molecular weight is 375 g/mol. The number of carbonyl (C=O) groups is 1. The van der Waals surface area contributed by atoms with E-state index in [0.717, 1.165) is 11.1 Å². The molecule has 5 nitrogen and oxygen atoms in total. The van der Waals surface area contributed by atoms with Crippen molar-refractivity contribution in [3.8, 4) is 0 Å². The lowest BCUT2D eigenvalue weighted by atomic mass is 10.1. The molecule has 0 aliphatic heterocycles. The zero-order valence-corrected chi connectivity index (χ0v) is 16.2. The predicted molar refractivity (Wildman–Crippen MR) is 102 cm³/mol. The lowest BCUT2D eigenvalue weighted by Crippen LogP contribution is -2.26. The molecule has 2 aromatic rings. The second kappa shape index (κ2) is 8.96. The Bertz CT molecular complexity index is 842. The number of ether oxygens (including phenoxy) is 1. The number of benzene rings is 2. The minimum absolute atomic E-state index is 0.0690. The Hall–Kier alpha value is -2.18. The van der Waals surface area contributed by atoms with Gasteiger partial charge < -0.3 is 10.1 Å². The van der Waals surface area contributed by atoms with E-state index in [9.17, 15) is 13.2 Å². The van der Waals surface area contributed by atoms with Crippen LogP contribution in [0.4, 0.5) is 0 Å². The molecule has 0 bridgehead atoms. The Morgan fingerprint density at radius 2 is 1.65 bits per heavy atom. The van der Waals surface area contributed by atoms with Gasteiger partial charge in [-0.05, 0) is 44.0 Å². The van der Waals surface area contributed by atoms with Crippen LogP contribution in [-0.2, 0) is 27.7 Å². The van der Waals surface area contributed by atoms with Crippen molar-refractivity contribution in [2.45, 2.75) is 44.1 Å². The van der Waals surface area contributed by atoms with Crippen molar-refractivity contribution in [1.29, 1.82) is 0 Å². The second-order valence-electron chi connectivity index (χ2n) is 6.23. The lowest BCUT2D eigenvalue weighted by molar-refractivity contribution is 0.0947. The molecule has 2 aromatic carbocycles. The van der Waals surface area contributed by atoms with Gasteiger partial charge in [-0.1, -0.05) is 36.4 Å². The Morgan fingerprint density at radius 1 is 1.04 bits per heavy atom. The third-order valence-corrected chi connectivity index (χ3v) is 6.22. The molecule has 0 atom stereocenters. The van der Waals surface area contributed by atoms with Gasteiger partial charge in [-0.3, -0.25) is 4.79 Å². The first-order valence-corrected chi connectivity index (χ1v) is 10.2. The van der Waals surface area contributed by atoms with Crippen molar-refractivity contribution < 1.29 is 17.9 Å². The molecule has 0 unspecified atom stereocenters. The molecule has 0 aliphatic rings. The maximum absolute atomic E-state index is 12.5. The monoisotopic (exact) mass is 375 g/mol. The number of sulfone groups is 1. The van der Waals surface area contributed by atoms with Crippen LogP contribution in [0.2, 0.25) is 0 Å². The third-order valence-electron chi connectivity index (χ3n) is 4.01. The van der Waals surface area contributed by atoms with E-state index in [1.165, 1.54) is 12.1 Å². The second-order valence-corrected chi connectivity index (χ2v) is 8.70. The fraction of sp³-hybridized carbons (Fsp3) is 0.350. The van der Waals surface area contributed by atoms with E-state index in [1.54, 1.807) is 26.0 Å². The summed E-state index contributed by atoms with van der Waals surface area (Å²) in [4.78, 5) is 12.6. The van der Waals surface area contributed by atoms with E-state index >= 15 is 0 Å². The zero-order chi connectivity index (χ0) is 19.2. The zero-order valence-electron chi connectivity index (χ0n) is 15.4. The lowest BCUT2D eigenvalue weighted by Gasteiger charge is -2.13. The molecule has 140 valence electrons. The average Bonchev–Trinajstić information content (AvgIpc) is 2.65. The molecule has 1 N–H and O–H groups in total. The smallest absolute Gasteiger partial charge is 0.252 e. The highest BCUT2D eigenvalue weighted by atomic mass is 32.2. The van der Waals surface area contributed by atoms with Crippen LogP contribution in [0, 0.1) is 0 Å². The standard InChI is InChI=1S/C20H25NO4S/c1-4-25-14-17-11-9-16(10-12-17)13-21-20(22)18-7-5-6-8-19(18)26(23,24)15(2)3/h5-12,15H,4,13-14H2,1-3H3,(H,21,22). The van der Waals surface area contributed by atoms with Crippen molar-refractivity contribution in [3.05, 3.63) is 65.2 Å². The van der Waals surface area contributed by atoms with Crippen LogP contribution in [0.1, 0.15) is 42.3 Å². The highest BCUT2D eigenvalue weighted by molar-refractivity contribution is 7.92. The molecule has 0 aliphatic carbocycles. The number of nitrogens with one attached hydrogen (secondary N) is 1. The van der Waals surface area contributed by atoms with Gasteiger partial charge in [-0.2, -0.15) is 0 Å². The van der Waals surface area contributed by atoms with Crippen LogP contribution in [-0.4, -0.2) is 26.2 Å². The van der Waals surface area contributed by atoms with E-state index in [4.69, 9.17) is 4.74 Å². The molecule has 26 heavy (non-hydrogen) atoms. The van der Waals surface area contributed by atoms with Gasteiger partial charge in [0, 0.05) is 13.2 Å². The van der Waals surface area contributed by atoms with E-state index in [-0.39, 0.29) is 10.5 Å². The van der Waals surface area contributed by atoms with Gasteiger partial charge in [-0.15, -0.1) is 0 Å². The molecular formula is C20H25NO4S. The quantitative estimate of drug-likeness (QED) is 0.768. The van der Waals surface area contributed by atoms with Crippen LogP contribution in [0.25, 0.3) is 0 Å². The molecule has 0 fully saturated rings. The molecule has 0 radical (unpaired) electrons. The fourth-order valence-corrected chi connectivity index (χ4v) is 3.65. The third kappa shape index (κ3) is 4.93. The largest absolute Gasteiger partial charge is 0.377 e. The normalized spacial score (nSPS) is 11.5. The number of carbonyl (C=O) groups excluding carboxylic acids is 1. The highest BCUT2D eigenvalue weighted by Crippen LogP contribution is 2.20. The highest BCUT2D eigenvalue weighted by Gasteiger charge is 2.24. The van der Waals surface area contributed by atoms with Gasteiger partial charge in [0.05, 0.1) is 22.3 Å². The van der Waals surface area contributed by atoms with Crippen molar-refractivity contribution >= 4 is 15.7 Å². The minimum atomic E-state index is -3.52. The van der Waals surface area contributed by atoms with Crippen molar-refractivity contribution in [2.24, 2.45) is 0 Å². The Morgan fingerprint density at radius 3 is 2.27 bits per heavy atom. The summed E-state index contributed by atoms with van der Waals surface area (Å²) in [6.45, 7) is 6.70. The summed E-state index contributed by atoms with van der Waals surface area (Å²) in [6.07, 6.45) is 0. The van der Waals surface area contributed by atoms with Crippen molar-refractivity contribution in [1.82, 2.24) is 5.32 Å². The summed E-state index contributed by atoms with van der Waals surface area (Å²) in [7, 11) is -3.52. The summed E-state index contributed by atoms with van der Waals surface area (Å²) < 4.78 is 30.3. The van der Waals surface area contributed by atoms with Gasteiger partial charge in [0.1, 0.15) is 0 Å². The molecular weight excluding hydrogens is 350 g/mol. The van der Waals surface area contributed by atoms with Crippen LogP contribution in [0.15, 0.2) is 53.4 Å². The van der Waals surface area contributed by atoms with Crippen LogP contribution in [0.3, 0.4) is 0 Å². The molecule has 0 saturated carbocycles. The first-order valence-electron chi connectivity index (χ1n) is 8.63. The van der Waals surface area contributed by atoms with Crippen LogP contribution < -0.4 is 5.32 Å². The molecule has 0 aromatic heterocycles. The maximum atomic E-state index is 12.5. The van der Waals surface area contributed by atoms with E-state index in [2.05, 4.69) is 5.32 Å². The van der Waals surface area contributed by atoms with Gasteiger partial charge in [0.2, 0.25) is 0 Å². The first-order chi connectivity index (χ1) is 12.4. The number of hydrogen-bond donors (Lipinski definition) is 1. The molecule has 6 heteroatoms. The summed E-state index contributed by atoms with van der Waals surface area (Å²) >= 11 is 0. The maximum Gasteiger partial charge on any atom is 0.252 e.